The molecule has 1 rings (SSSR count). The van der Waals surface area contributed by atoms with Gasteiger partial charge in [0.15, 0.2) is 0 Å². The Hall–Kier alpha value is -1.28. The largest absolute Gasteiger partial charge is 0.406 e. The van der Waals surface area contributed by atoms with Gasteiger partial charge >= 0.3 is 6.18 Å². The molecular formula is C10H9ClF3NO3S. The van der Waals surface area contributed by atoms with Gasteiger partial charge in [-0.2, -0.15) is 13.2 Å². The van der Waals surface area contributed by atoms with Crippen molar-refractivity contribution in [2.24, 2.45) is 0 Å². The molecule has 1 amide bonds. The molecule has 4 nitrogen and oxygen atoms in total. The normalized spacial score (nSPS) is 12.3. The molecule has 106 valence electrons. The fourth-order valence-electron chi connectivity index (χ4n) is 1.32. The van der Waals surface area contributed by atoms with Crippen LogP contribution in [-0.2, 0) is 9.05 Å². The Bertz CT molecular complexity index is 569. The number of amides is 1. The van der Waals surface area contributed by atoms with Crippen LogP contribution in [0.25, 0.3) is 0 Å². The van der Waals surface area contributed by atoms with Crippen molar-refractivity contribution >= 4 is 25.6 Å². The molecule has 0 N–H and O–H groups in total. The summed E-state index contributed by atoms with van der Waals surface area (Å²) in [5.41, 5.74) is -0.0594. The number of hydrogen-bond donors (Lipinski definition) is 0. The lowest BCUT2D eigenvalue weighted by atomic mass is 10.2. The molecule has 0 atom stereocenters. The van der Waals surface area contributed by atoms with Gasteiger partial charge in [-0.05, 0) is 24.3 Å². The van der Waals surface area contributed by atoms with Crippen molar-refractivity contribution in [3.05, 3.63) is 29.8 Å². The van der Waals surface area contributed by atoms with Gasteiger partial charge in [0.2, 0.25) is 0 Å². The molecule has 0 aromatic heterocycles. The summed E-state index contributed by atoms with van der Waals surface area (Å²) < 4.78 is 58.2. The summed E-state index contributed by atoms with van der Waals surface area (Å²) in [4.78, 5) is 11.9. The van der Waals surface area contributed by atoms with E-state index in [0.717, 1.165) is 31.3 Å². The van der Waals surface area contributed by atoms with Gasteiger partial charge in [0.25, 0.3) is 15.0 Å². The zero-order chi connectivity index (χ0) is 14.8. The molecule has 0 aliphatic rings. The molecule has 0 aliphatic heterocycles. The maximum atomic E-state index is 12.1. The van der Waals surface area contributed by atoms with E-state index in [1.54, 1.807) is 0 Å². The molecule has 19 heavy (non-hydrogen) atoms. The molecule has 0 radical (unpaired) electrons. The minimum atomic E-state index is -4.50. The van der Waals surface area contributed by atoms with Crippen LogP contribution in [0.3, 0.4) is 0 Å². The third-order valence-corrected chi connectivity index (χ3v) is 3.52. The van der Waals surface area contributed by atoms with Crippen LogP contribution in [-0.4, -0.2) is 39.0 Å². The van der Waals surface area contributed by atoms with Gasteiger partial charge in [-0.1, -0.05) is 0 Å². The average molecular weight is 316 g/mol. The summed E-state index contributed by atoms with van der Waals surface area (Å²) in [6.07, 6.45) is -4.50. The number of halogens is 4. The van der Waals surface area contributed by atoms with Crippen molar-refractivity contribution in [1.29, 1.82) is 0 Å². The molecule has 0 spiro atoms. The predicted octanol–water partition coefficient (Wildman–Crippen LogP) is 2.25. The fourth-order valence-corrected chi connectivity index (χ4v) is 2.09. The maximum absolute atomic E-state index is 12.1. The van der Waals surface area contributed by atoms with E-state index in [0.29, 0.717) is 4.90 Å². The van der Waals surface area contributed by atoms with E-state index in [9.17, 15) is 26.4 Å². The van der Waals surface area contributed by atoms with Crippen LogP contribution in [0.5, 0.6) is 0 Å². The molecule has 0 heterocycles. The zero-order valence-electron chi connectivity index (χ0n) is 9.61. The van der Waals surface area contributed by atoms with Gasteiger partial charge in [0, 0.05) is 23.3 Å². The van der Waals surface area contributed by atoms with Gasteiger partial charge in [-0.3, -0.25) is 4.79 Å². The average Bonchev–Trinajstić information content (AvgIpc) is 2.24. The van der Waals surface area contributed by atoms with E-state index >= 15 is 0 Å². The number of rotatable bonds is 3. The molecule has 0 fully saturated rings. The second-order valence-electron chi connectivity index (χ2n) is 3.74. The Labute approximate surface area is 112 Å². The Morgan fingerprint density at radius 1 is 1.26 bits per heavy atom. The van der Waals surface area contributed by atoms with Crippen LogP contribution in [0.15, 0.2) is 29.2 Å². The highest BCUT2D eigenvalue weighted by Gasteiger charge is 2.31. The van der Waals surface area contributed by atoms with Gasteiger partial charge in [-0.15, -0.1) is 0 Å². The monoisotopic (exact) mass is 315 g/mol. The highest BCUT2D eigenvalue weighted by Crippen LogP contribution is 2.19. The molecule has 0 saturated carbocycles. The van der Waals surface area contributed by atoms with Crippen LogP contribution >= 0.6 is 10.7 Å². The van der Waals surface area contributed by atoms with E-state index in [-0.39, 0.29) is 10.5 Å². The van der Waals surface area contributed by atoms with E-state index in [1.165, 1.54) is 0 Å². The standard InChI is InChI=1S/C10H9ClF3NO3S/c1-15(6-10(12,13)14)9(16)7-2-4-8(5-3-7)19(11,17)18/h2-5H,6H2,1H3. The van der Waals surface area contributed by atoms with Crippen molar-refractivity contribution in [2.45, 2.75) is 11.1 Å². The molecule has 0 bridgehead atoms. The summed E-state index contributed by atoms with van der Waals surface area (Å²) in [6, 6.07) is 4.31. The number of hydrogen-bond acceptors (Lipinski definition) is 3. The lowest BCUT2D eigenvalue weighted by Gasteiger charge is -2.18. The Kier molecular flexibility index (Phi) is 4.46. The van der Waals surface area contributed by atoms with Crippen molar-refractivity contribution in [1.82, 2.24) is 4.90 Å². The maximum Gasteiger partial charge on any atom is 0.406 e. The predicted molar refractivity (Wildman–Crippen MR) is 62.5 cm³/mol. The number of carbonyl (C=O) groups excluding carboxylic acids is 1. The third-order valence-electron chi connectivity index (χ3n) is 2.15. The van der Waals surface area contributed by atoms with E-state index < -0.39 is 27.7 Å². The Balaban J connectivity index is 2.90. The number of nitrogens with zero attached hydrogens (tertiary/aromatic N) is 1. The van der Waals surface area contributed by atoms with Crippen molar-refractivity contribution in [3.63, 3.8) is 0 Å². The highest BCUT2D eigenvalue weighted by atomic mass is 35.7. The van der Waals surface area contributed by atoms with Crippen molar-refractivity contribution in [2.75, 3.05) is 13.6 Å². The highest BCUT2D eigenvalue weighted by molar-refractivity contribution is 8.13. The lowest BCUT2D eigenvalue weighted by molar-refractivity contribution is -0.138. The number of benzene rings is 1. The van der Waals surface area contributed by atoms with Gasteiger partial charge in [0.05, 0.1) is 4.90 Å². The lowest BCUT2D eigenvalue weighted by Crippen LogP contribution is -2.35. The van der Waals surface area contributed by atoms with Crippen LogP contribution < -0.4 is 0 Å². The summed E-state index contributed by atoms with van der Waals surface area (Å²) in [5, 5.41) is 0. The van der Waals surface area contributed by atoms with Crippen LogP contribution in [0.2, 0.25) is 0 Å². The molecular weight excluding hydrogens is 307 g/mol. The molecule has 0 unspecified atom stereocenters. The topological polar surface area (TPSA) is 54.5 Å². The zero-order valence-corrected chi connectivity index (χ0v) is 11.2. The minimum Gasteiger partial charge on any atom is -0.333 e. The second kappa shape index (κ2) is 5.38. The summed E-state index contributed by atoms with van der Waals surface area (Å²) in [6.45, 7) is -1.39. The first-order valence-corrected chi connectivity index (χ1v) is 7.18. The van der Waals surface area contributed by atoms with Crippen molar-refractivity contribution in [3.8, 4) is 0 Å². The van der Waals surface area contributed by atoms with E-state index in [1.807, 2.05) is 0 Å². The first-order chi connectivity index (χ1) is 8.50. The van der Waals surface area contributed by atoms with Crippen LogP contribution in [0.1, 0.15) is 10.4 Å². The van der Waals surface area contributed by atoms with Gasteiger partial charge in [-0.25, -0.2) is 8.42 Å². The Morgan fingerprint density at radius 2 is 1.74 bits per heavy atom. The molecule has 9 heteroatoms. The first-order valence-electron chi connectivity index (χ1n) is 4.87. The molecule has 1 aromatic carbocycles. The number of alkyl halides is 3. The molecule has 0 aliphatic carbocycles. The second-order valence-corrected chi connectivity index (χ2v) is 6.30. The van der Waals surface area contributed by atoms with Crippen LogP contribution in [0.4, 0.5) is 13.2 Å². The minimum absolute atomic E-state index is 0.0594. The van der Waals surface area contributed by atoms with E-state index in [4.69, 9.17) is 10.7 Å². The Morgan fingerprint density at radius 3 is 2.11 bits per heavy atom. The van der Waals surface area contributed by atoms with Gasteiger partial charge in [0.1, 0.15) is 6.54 Å². The van der Waals surface area contributed by atoms with Gasteiger partial charge < -0.3 is 4.90 Å². The summed E-state index contributed by atoms with van der Waals surface area (Å²) in [5.74, 6) is -0.865. The fraction of sp³-hybridized carbons (Fsp3) is 0.300. The molecule has 0 saturated heterocycles. The third kappa shape index (κ3) is 4.71. The van der Waals surface area contributed by atoms with Crippen LogP contribution in [0, 0.1) is 0 Å². The van der Waals surface area contributed by atoms with Crippen molar-refractivity contribution < 1.29 is 26.4 Å². The molecule has 1 aromatic rings. The smallest absolute Gasteiger partial charge is 0.333 e. The van der Waals surface area contributed by atoms with E-state index in [2.05, 4.69) is 0 Å². The summed E-state index contributed by atoms with van der Waals surface area (Å²) in [7, 11) is 2.14. The SMILES string of the molecule is CN(CC(F)(F)F)C(=O)c1ccc(S(=O)(=O)Cl)cc1. The first kappa shape index (κ1) is 15.8. The quantitative estimate of drug-likeness (QED) is 0.804. The number of carbonyl (C=O) groups is 1. The summed E-state index contributed by atoms with van der Waals surface area (Å²) >= 11 is 0.